The van der Waals surface area contributed by atoms with Crippen molar-refractivity contribution in [2.24, 2.45) is 5.92 Å². The number of carbonyl (C=O) groups is 1. The first-order valence-electron chi connectivity index (χ1n) is 12.7. The number of likely N-dealkylation sites (N-methyl/N-ethyl adjacent to an activating group) is 1. The number of benzene rings is 2. The van der Waals surface area contributed by atoms with Gasteiger partial charge in [0.1, 0.15) is 0 Å². The van der Waals surface area contributed by atoms with E-state index in [0.717, 1.165) is 24.5 Å². The van der Waals surface area contributed by atoms with Gasteiger partial charge in [-0.2, -0.15) is 0 Å². The van der Waals surface area contributed by atoms with Gasteiger partial charge in [0.2, 0.25) is 11.4 Å². The van der Waals surface area contributed by atoms with Crippen LogP contribution >= 0.6 is 0 Å². The second-order valence-electron chi connectivity index (χ2n) is 10.7. The molecule has 1 fully saturated rings. The highest BCUT2D eigenvalue weighted by atomic mass is 16.4. The SMILES string of the molecule is CCN1CCCC2C=C3C(=CC21)C(C)(C)c1cc(N(C)C)ccc1C3=[NH+]c1cccc(C(=O)O)c1. The van der Waals surface area contributed by atoms with Crippen LogP contribution < -0.4 is 9.89 Å². The number of anilines is 1. The molecule has 2 atom stereocenters. The molecule has 0 bridgehead atoms. The summed E-state index contributed by atoms with van der Waals surface area (Å²) in [5.74, 6) is -0.426. The number of likely N-dealkylation sites (tertiary alicyclic amines) is 1. The van der Waals surface area contributed by atoms with Gasteiger partial charge >= 0.3 is 5.97 Å². The highest BCUT2D eigenvalue weighted by Gasteiger charge is 2.45. The Morgan fingerprint density at radius 3 is 2.69 bits per heavy atom. The van der Waals surface area contributed by atoms with Crippen molar-refractivity contribution >= 4 is 23.1 Å². The van der Waals surface area contributed by atoms with Crippen molar-refractivity contribution in [3.63, 3.8) is 0 Å². The molecule has 1 heterocycles. The van der Waals surface area contributed by atoms with E-state index < -0.39 is 5.97 Å². The third-order valence-electron chi connectivity index (χ3n) is 8.04. The average Bonchev–Trinajstić information content (AvgIpc) is 2.85. The van der Waals surface area contributed by atoms with Crippen LogP contribution in [0.5, 0.6) is 0 Å². The number of rotatable bonds is 4. The fraction of sp³-hybridized carbons (Fsp3) is 0.400. The first-order valence-corrected chi connectivity index (χ1v) is 12.7. The van der Waals surface area contributed by atoms with Crippen molar-refractivity contribution in [1.29, 1.82) is 0 Å². The highest BCUT2D eigenvalue weighted by molar-refractivity contribution is 6.16. The maximum Gasteiger partial charge on any atom is 0.335 e. The molecule has 5 nitrogen and oxygen atoms in total. The van der Waals surface area contributed by atoms with Crippen molar-refractivity contribution in [2.75, 3.05) is 32.1 Å². The molecule has 3 aliphatic rings. The fourth-order valence-electron chi connectivity index (χ4n) is 6.07. The molecule has 2 aromatic rings. The third-order valence-corrected chi connectivity index (χ3v) is 8.04. The van der Waals surface area contributed by atoms with Crippen molar-refractivity contribution in [3.8, 4) is 0 Å². The zero-order valence-corrected chi connectivity index (χ0v) is 21.4. The van der Waals surface area contributed by atoms with Crippen LogP contribution in [0.4, 0.5) is 11.4 Å². The summed E-state index contributed by atoms with van der Waals surface area (Å²) in [6.07, 6.45) is 7.44. The number of piperidine rings is 1. The predicted octanol–water partition coefficient (Wildman–Crippen LogP) is 3.91. The molecule has 35 heavy (non-hydrogen) atoms. The molecular weight excluding hydrogens is 434 g/mol. The van der Waals surface area contributed by atoms with E-state index >= 15 is 0 Å². The molecule has 0 aromatic heterocycles. The van der Waals surface area contributed by atoms with Crippen LogP contribution in [-0.4, -0.2) is 54.9 Å². The van der Waals surface area contributed by atoms with E-state index in [1.807, 2.05) is 6.07 Å². The first-order chi connectivity index (χ1) is 16.7. The standard InChI is InChI=1S/C30H35N3O2/c1-6-33-14-8-10-19-16-24-26(18-27(19)33)30(2,3)25-17-22(32(4)5)12-13-23(25)28(24)31-21-11-7-9-20(15-21)29(34)35/h7,9,11-13,15-19,27H,6,8,10,14H2,1-5H3,(H,34,35)/p+1. The number of nitrogens with zero attached hydrogens (tertiary/aromatic N) is 2. The summed E-state index contributed by atoms with van der Waals surface area (Å²) >= 11 is 0. The Balaban J connectivity index is 1.75. The molecule has 182 valence electrons. The van der Waals surface area contributed by atoms with Gasteiger partial charge in [-0.15, -0.1) is 0 Å². The average molecular weight is 471 g/mol. The molecule has 2 N–H and O–H groups in total. The van der Waals surface area contributed by atoms with E-state index in [1.165, 1.54) is 40.8 Å². The number of carboxylic acids is 1. The zero-order valence-electron chi connectivity index (χ0n) is 21.4. The molecule has 5 rings (SSSR count). The minimum Gasteiger partial charge on any atom is -0.478 e. The third kappa shape index (κ3) is 4.02. The minimum atomic E-state index is -0.915. The highest BCUT2D eigenvalue weighted by Crippen LogP contribution is 2.48. The van der Waals surface area contributed by atoms with E-state index in [0.29, 0.717) is 12.0 Å². The number of aromatic carboxylic acids is 1. The molecule has 2 aliphatic carbocycles. The lowest BCUT2D eigenvalue weighted by molar-refractivity contribution is -0.352. The summed E-state index contributed by atoms with van der Waals surface area (Å²) in [5, 5.41) is 9.52. The first kappa shape index (κ1) is 23.6. The molecule has 0 amide bonds. The second-order valence-corrected chi connectivity index (χ2v) is 10.7. The topological polar surface area (TPSA) is 57.8 Å². The Hall–Kier alpha value is -3.18. The van der Waals surface area contributed by atoms with Crippen LogP contribution in [0.25, 0.3) is 0 Å². The van der Waals surface area contributed by atoms with Crippen molar-refractivity contribution in [1.82, 2.24) is 4.90 Å². The molecule has 1 saturated heterocycles. The van der Waals surface area contributed by atoms with Gasteiger partial charge in [-0.1, -0.05) is 39.0 Å². The second kappa shape index (κ2) is 8.80. The summed E-state index contributed by atoms with van der Waals surface area (Å²) in [6, 6.07) is 14.2. The monoisotopic (exact) mass is 470 g/mol. The fourth-order valence-corrected chi connectivity index (χ4v) is 6.07. The lowest BCUT2D eigenvalue weighted by Crippen LogP contribution is -2.69. The lowest BCUT2D eigenvalue weighted by atomic mass is 9.62. The van der Waals surface area contributed by atoms with Crippen LogP contribution in [-0.2, 0) is 5.41 Å². The normalized spacial score (nSPS) is 24.1. The number of allylic oxidation sites excluding steroid dienone is 2. The summed E-state index contributed by atoms with van der Waals surface area (Å²) in [6.45, 7) is 9.16. The smallest absolute Gasteiger partial charge is 0.335 e. The van der Waals surface area contributed by atoms with E-state index in [-0.39, 0.29) is 11.0 Å². The van der Waals surface area contributed by atoms with Crippen molar-refractivity contribution in [2.45, 2.75) is 45.1 Å². The largest absolute Gasteiger partial charge is 0.478 e. The lowest BCUT2D eigenvalue weighted by Gasteiger charge is -2.45. The Morgan fingerprint density at radius 1 is 1.17 bits per heavy atom. The maximum atomic E-state index is 11.6. The summed E-state index contributed by atoms with van der Waals surface area (Å²) in [5.41, 5.74) is 8.29. The number of fused-ring (bicyclic) bond motifs is 3. The van der Waals surface area contributed by atoms with E-state index in [2.05, 4.69) is 80.0 Å². The van der Waals surface area contributed by atoms with Crippen molar-refractivity contribution < 1.29 is 14.9 Å². The minimum absolute atomic E-state index is 0.150. The molecule has 2 unspecified atom stereocenters. The Labute approximate surface area is 208 Å². The Morgan fingerprint density at radius 2 is 1.97 bits per heavy atom. The molecule has 0 radical (unpaired) electrons. The molecule has 0 saturated carbocycles. The van der Waals surface area contributed by atoms with E-state index in [1.54, 1.807) is 18.2 Å². The van der Waals surface area contributed by atoms with Crippen LogP contribution in [0.3, 0.4) is 0 Å². The van der Waals surface area contributed by atoms with E-state index in [4.69, 9.17) is 0 Å². The number of carboxylic acid groups (broad SMARTS) is 1. The Kier molecular flexibility index (Phi) is 5.92. The van der Waals surface area contributed by atoms with Gasteiger partial charge in [-0.25, -0.2) is 9.79 Å². The van der Waals surface area contributed by atoms with Crippen LogP contribution in [0.2, 0.25) is 0 Å². The molecule has 1 aliphatic heterocycles. The van der Waals surface area contributed by atoms with E-state index in [9.17, 15) is 9.90 Å². The predicted molar refractivity (Wildman–Crippen MR) is 142 cm³/mol. The van der Waals surface area contributed by atoms with Crippen LogP contribution in [0.15, 0.2) is 65.8 Å². The molecule has 0 spiro atoms. The van der Waals surface area contributed by atoms with Gasteiger partial charge in [-0.3, -0.25) is 4.90 Å². The molecule has 5 heteroatoms. The molecule has 2 aromatic carbocycles. The van der Waals surface area contributed by atoms with Gasteiger partial charge in [0.05, 0.1) is 11.1 Å². The zero-order chi connectivity index (χ0) is 24.9. The maximum absolute atomic E-state index is 11.6. The van der Waals surface area contributed by atoms with Gasteiger partial charge in [0, 0.05) is 48.9 Å². The van der Waals surface area contributed by atoms with Gasteiger partial charge in [0.15, 0.2) is 0 Å². The summed E-state index contributed by atoms with van der Waals surface area (Å²) in [4.78, 5) is 20.0. The number of nitrogens with one attached hydrogen (secondary N) is 1. The quantitative estimate of drug-likeness (QED) is 0.712. The number of hydrogen-bond donors (Lipinski definition) is 2. The molecular formula is C30H36N3O2+. The van der Waals surface area contributed by atoms with Gasteiger partial charge in [-0.05, 0) is 67.3 Å². The summed E-state index contributed by atoms with van der Waals surface area (Å²) in [7, 11) is 4.16. The Bertz CT molecular complexity index is 1270. The number of hydrogen-bond acceptors (Lipinski definition) is 3. The van der Waals surface area contributed by atoms with Crippen LogP contribution in [0, 0.1) is 5.92 Å². The van der Waals surface area contributed by atoms with Crippen molar-refractivity contribution in [3.05, 3.63) is 82.5 Å². The van der Waals surface area contributed by atoms with Gasteiger partial charge in [0.25, 0.3) is 0 Å². The summed E-state index contributed by atoms with van der Waals surface area (Å²) < 4.78 is 0. The van der Waals surface area contributed by atoms with Gasteiger partial charge < -0.3 is 10.0 Å². The van der Waals surface area contributed by atoms with Crippen LogP contribution in [0.1, 0.15) is 55.1 Å².